The van der Waals surface area contributed by atoms with Gasteiger partial charge in [-0.2, -0.15) is 0 Å². The van der Waals surface area contributed by atoms with Crippen LogP contribution >= 0.6 is 15.9 Å². The topological polar surface area (TPSA) is 0 Å². The molecule has 102 valence electrons. The summed E-state index contributed by atoms with van der Waals surface area (Å²) in [6, 6.07) is 13.6. The van der Waals surface area contributed by atoms with Crippen LogP contribution in [0.1, 0.15) is 29.4 Å². The Morgan fingerprint density at radius 1 is 0.950 bits per heavy atom. The van der Waals surface area contributed by atoms with Gasteiger partial charge in [0.05, 0.1) is 8.07 Å². The fourth-order valence-electron chi connectivity index (χ4n) is 4.12. The van der Waals surface area contributed by atoms with Gasteiger partial charge in [0.25, 0.3) is 0 Å². The molecule has 0 heterocycles. The van der Waals surface area contributed by atoms with Crippen molar-refractivity contribution in [3.63, 3.8) is 0 Å². The van der Waals surface area contributed by atoms with Gasteiger partial charge in [0.15, 0.2) is 0 Å². The Labute approximate surface area is 130 Å². The summed E-state index contributed by atoms with van der Waals surface area (Å²) in [5.41, 5.74) is 3.18. The molecule has 0 aliphatic heterocycles. The predicted molar refractivity (Wildman–Crippen MR) is 93.3 cm³/mol. The minimum Gasteiger partial charge on any atom is -0.0659 e. The molecule has 0 saturated carbocycles. The number of rotatable bonds is 1. The highest BCUT2D eigenvalue weighted by molar-refractivity contribution is 9.11. The molecule has 2 heteroatoms. The summed E-state index contributed by atoms with van der Waals surface area (Å²) in [5.74, 6) is 1.31. The van der Waals surface area contributed by atoms with Crippen molar-refractivity contribution in [2.75, 3.05) is 0 Å². The maximum Gasteiger partial charge on any atom is 0.0743 e. The summed E-state index contributed by atoms with van der Waals surface area (Å²) in [4.78, 5) is 0. The lowest BCUT2D eigenvalue weighted by atomic mass is 9.93. The molecule has 0 aromatic heterocycles. The molecule has 2 aromatic rings. The second-order valence-corrected chi connectivity index (χ2v) is 13.1. The third-order valence-electron chi connectivity index (χ3n) is 4.89. The van der Waals surface area contributed by atoms with Crippen molar-refractivity contribution >= 4 is 34.8 Å². The van der Waals surface area contributed by atoms with E-state index < -0.39 is 8.07 Å². The van der Waals surface area contributed by atoms with Crippen LogP contribution in [-0.2, 0) is 0 Å². The molecule has 2 bridgehead atoms. The molecule has 4 rings (SSSR count). The van der Waals surface area contributed by atoms with E-state index in [1.165, 1.54) is 21.7 Å². The molecular weight excluding hydrogens is 324 g/mol. The third-order valence-corrected chi connectivity index (χ3v) is 8.47. The van der Waals surface area contributed by atoms with E-state index in [0.29, 0.717) is 11.8 Å². The van der Waals surface area contributed by atoms with Crippen LogP contribution in [0.2, 0.25) is 19.6 Å². The molecule has 2 atom stereocenters. The summed E-state index contributed by atoms with van der Waals surface area (Å²) in [5, 5.41) is 4.53. The van der Waals surface area contributed by atoms with Gasteiger partial charge in [0.2, 0.25) is 0 Å². The fourth-order valence-corrected chi connectivity index (χ4v) is 8.82. The molecule has 0 N–H and O–H groups in total. The van der Waals surface area contributed by atoms with Crippen LogP contribution in [0.3, 0.4) is 0 Å². The first-order valence-electron chi connectivity index (χ1n) is 7.39. The predicted octanol–water partition coefficient (Wildman–Crippen LogP) is 5.95. The number of hydrogen-bond donors (Lipinski definition) is 0. The number of fused-ring (bicyclic) bond motifs is 6. The van der Waals surface area contributed by atoms with E-state index in [0.717, 1.165) is 0 Å². The van der Waals surface area contributed by atoms with E-state index in [9.17, 15) is 0 Å². The quantitative estimate of drug-likeness (QED) is 0.561. The normalized spacial score (nSPS) is 24.6. The molecule has 2 aliphatic rings. The van der Waals surface area contributed by atoms with Gasteiger partial charge in [0.1, 0.15) is 0 Å². The fraction of sp³-hybridized carbons (Fsp3) is 0.333. The molecule has 0 nitrogen and oxygen atoms in total. The second kappa shape index (κ2) is 4.08. The standard InChI is InChI=1S/C18H19BrSi/c1-20(2,3)18-16-10-15(17(18)19)13-8-11-6-4-5-7-12(11)9-14(13)16/h4-9,15-16H,10H2,1-3H3/t15-,16+/m0/s1. The highest BCUT2D eigenvalue weighted by atomic mass is 79.9. The van der Waals surface area contributed by atoms with Crippen molar-refractivity contribution in [3.8, 4) is 0 Å². The van der Waals surface area contributed by atoms with Crippen molar-refractivity contribution in [2.24, 2.45) is 0 Å². The zero-order chi connectivity index (χ0) is 14.1. The van der Waals surface area contributed by atoms with Crippen molar-refractivity contribution < 1.29 is 0 Å². The zero-order valence-electron chi connectivity index (χ0n) is 12.2. The minimum absolute atomic E-state index is 0.626. The van der Waals surface area contributed by atoms with Crippen molar-refractivity contribution in [3.05, 3.63) is 57.2 Å². The van der Waals surface area contributed by atoms with Gasteiger partial charge in [-0.15, -0.1) is 0 Å². The Balaban J connectivity index is 1.95. The Morgan fingerprint density at radius 2 is 1.50 bits per heavy atom. The molecular formula is C18H19BrSi. The molecule has 2 aliphatic carbocycles. The highest BCUT2D eigenvalue weighted by Gasteiger charge is 2.46. The van der Waals surface area contributed by atoms with Gasteiger partial charge >= 0.3 is 0 Å². The van der Waals surface area contributed by atoms with E-state index in [1.54, 1.807) is 16.3 Å². The van der Waals surface area contributed by atoms with Gasteiger partial charge in [-0.25, -0.2) is 0 Å². The second-order valence-electron chi connectivity index (χ2n) is 7.18. The first kappa shape index (κ1) is 12.8. The summed E-state index contributed by atoms with van der Waals surface area (Å²) < 4.78 is 1.52. The van der Waals surface area contributed by atoms with Gasteiger partial charge in [-0.1, -0.05) is 77.2 Å². The number of halogens is 1. The van der Waals surface area contributed by atoms with Gasteiger partial charge in [-0.3, -0.25) is 0 Å². The molecule has 0 fully saturated rings. The molecule has 0 saturated heterocycles. The van der Waals surface area contributed by atoms with Crippen LogP contribution in [0.4, 0.5) is 0 Å². The largest absolute Gasteiger partial charge is 0.0743 e. The van der Waals surface area contributed by atoms with Crippen molar-refractivity contribution in [1.29, 1.82) is 0 Å². The number of allylic oxidation sites excluding steroid dienone is 2. The van der Waals surface area contributed by atoms with Crippen LogP contribution in [-0.4, -0.2) is 8.07 Å². The first-order valence-corrected chi connectivity index (χ1v) is 11.7. The first-order chi connectivity index (χ1) is 9.47. The summed E-state index contributed by atoms with van der Waals surface area (Å²) in [6.45, 7) is 7.43. The zero-order valence-corrected chi connectivity index (χ0v) is 14.8. The lowest BCUT2D eigenvalue weighted by Crippen LogP contribution is -2.28. The van der Waals surface area contributed by atoms with E-state index in [1.807, 2.05) is 0 Å². The summed E-state index contributed by atoms with van der Waals surface area (Å²) in [7, 11) is -1.24. The Kier molecular flexibility index (Phi) is 2.62. The lowest BCUT2D eigenvalue weighted by molar-refractivity contribution is 0.794. The van der Waals surface area contributed by atoms with Gasteiger partial charge < -0.3 is 0 Å². The van der Waals surface area contributed by atoms with Gasteiger partial charge in [0, 0.05) is 11.8 Å². The summed E-state index contributed by atoms with van der Waals surface area (Å²) in [6.07, 6.45) is 1.30. The van der Waals surface area contributed by atoms with E-state index in [2.05, 4.69) is 72.0 Å². The average molecular weight is 343 g/mol. The van der Waals surface area contributed by atoms with Gasteiger partial charge in [-0.05, 0) is 32.8 Å². The molecule has 2 aromatic carbocycles. The van der Waals surface area contributed by atoms with Crippen LogP contribution in [0.5, 0.6) is 0 Å². The number of benzene rings is 2. The Morgan fingerprint density at radius 3 is 2.05 bits per heavy atom. The lowest BCUT2D eigenvalue weighted by Gasteiger charge is -2.29. The van der Waals surface area contributed by atoms with E-state index in [-0.39, 0.29) is 0 Å². The molecule has 0 spiro atoms. The molecule has 0 amide bonds. The highest BCUT2D eigenvalue weighted by Crippen LogP contribution is 2.60. The Bertz CT molecular complexity index is 752. The molecule has 0 radical (unpaired) electrons. The summed E-state index contributed by atoms with van der Waals surface area (Å²) >= 11 is 3.95. The Hall–Kier alpha value is -0.863. The van der Waals surface area contributed by atoms with Crippen LogP contribution in [0, 0.1) is 0 Å². The van der Waals surface area contributed by atoms with Crippen LogP contribution in [0.15, 0.2) is 46.1 Å². The van der Waals surface area contributed by atoms with Crippen LogP contribution in [0.25, 0.3) is 10.8 Å². The molecule has 0 unspecified atom stereocenters. The monoisotopic (exact) mass is 342 g/mol. The minimum atomic E-state index is -1.24. The van der Waals surface area contributed by atoms with Crippen LogP contribution < -0.4 is 0 Å². The average Bonchev–Trinajstić information content (AvgIpc) is 2.90. The number of hydrogen-bond acceptors (Lipinski definition) is 0. The maximum atomic E-state index is 3.95. The molecule has 20 heavy (non-hydrogen) atoms. The smallest absolute Gasteiger partial charge is 0.0659 e. The van der Waals surface area contributed by atoms with Crippen molar-refractivity contribution in [2.45, 2.75) is 37.9 Å². The van der Waals surface area contributed by atoms with Crippen molar-refractivity contribution in [1.82, 2.24) is 0 Å². The maximum absolute atomic E-state index is 3.95. The van der Waals surface area contributed by atoms with E-state index >= 15 is 0 Å². The SMILES string of the molecule is C[Si](C)(C)C1=C(Br)[C@H]2C[C@@H]1c1cc3ccccc3cc12. The van der Waals surface area contributed by atoms with E-state index in [4.69, 9.17) is 0 Å². The third kappa shape index (κ3) is 1.64.